The van der Waals surface area contributed by atoms with Gasteiger partial charge in [0.15, 0.2) is 6.10 Å². The molecule has 3 rings (SSSR count). The molecular weight excluding hydrogens is 384 g/mol. The third-order valence-corrected chi connectivity index (χ3v) is 3.95. The molecule has 0 saturated carbocycles. The van der Waals surface area contributed by atoms with E-state index in [0.29, 0.717) is 10.2 Å². The van der Waals surface area contributed by atoms with Gasteiger partial charge in [0, 0.05) is 17.7 Å². The summed E-state index contributed by atoms with van der Waals surface area (Å²) in [4.78, 5) is 48.6. The van der Waals surface area contributed by atoms with Gasteiger partial charge in [0.25, 0.3) is 11.2 Å². The number of para-hydroxylation sites is 1. The van der Waals surface area contributed by atoms with E-state index in [-0.39, 0.29) is 22.4 Å². The van der Waals surface area contributed by atoms with Crippen molar-refractivity contribution in [1.82, 2.24) is 9.66 Å². The zero-order valence-electron chi connectivity index (χ0n) is 14.9. The van der Waals surface area contributed by atoms with Crippen molar-refractivity contribution in [2.24, 2.45) is 5.10 Å². The number of ether oxygens (including phenoxy) is 1. The van der Waals surface area contributed by atoms with Crippen LogP contribution in [0.25, 0.3) is 10.9 Å². The van der Waals surface area contributed by atoms with Crippen molar-refractivity contribution < 1.29 is 19.6 Å². The van der Waals surface area contributed by atoms with Crippen LogP contribution in [-0.2, 0) is 4.79 Å². The molecule has 0 saturated heterocycles. The third-order valence-electron chi connectivity index (χ3n) is 3.95. The van der Waals surface area contributed by atoms with Gasteiger partial charge in [-0.05, 0) is 25.1 Å². The molecule has 1 atom stereocenters. The summed E-state index contributed by atoms with van der Waals surface area (Å²) in [5.41, 5.74) is -1.44. The summed E-state index contributed by atoms with van der Waals surface area (Å²) in [6.07, 6.45) is -0.224. The maximum atomic E-state index is 12.5. The van der Waals surface area contributed by atoms with E-state index in [2.05, 4.69) is 10.1 Å². The van der Waals surface area contributed by atoms with Crippen molar-refractivity contribution >= 4 is 28.8 Å². The van der Waals surface area contributed by atoms with E-state index in [9.17, 15) is 24.5 Å². The lowest BCUT2D eigenvalue weighted by Gasteiger charge is -2.12. The van der Waals surface area contributed by atoms with E-state index in [4.69, 9.17) is 9.84 Å². The van der Waals surface area contributed by atoms with Crippen molar-refractivity contribution in [2.75, 3.05) is 0 Å². The molecule has 0 aliphatic heterocycles. The highest BCUT2D eigenvalue weighted by Gasteiger charge is 2.17. The van der Waals surface area contributed by atoms with Crippen LogP contribution in [0.15, 0.2) is 57.2 Å². The third kappa shape index (κ3) is 4.03. The lowest BCUT2D eigenvalue weighted by molar-refractivity contribution is -0.384. The fourth-order valence-electron chi connectivity index (χ4n) is 2.48. The molecule has 3 aromatic rings. The number of hydrogen-bond acceptors (Lipinski definition) is 7. The largest absolute Gasteiger partial charge is 0.479 e. The molecule has 0 amide bonds. The average molecular weight is 398 g/mol. The Balaban J connectivity index is 2.10. The maximum Gasteiger partial charge on any atom is 0.349 e. The van der Waals surface area contributed by atoms with Gasteiger partial charge >= 0.3 is 11.7 Å². The molecule has 0 spiro atoms. The van der Waals surface area contributed by atoms with Crippen LogP contribution >= 0.6 is 0 Å². The maximum absolute atomic E-state index is 12.5. The number of hydrogen-bond donors (Lipinski definition) is 2. The first-order valence-electron chi connectivity index (χ1n) is 8.24. The van der Waals surface area contributed by atoms with Crippen molar-refractivity contribution in [3.8, 4) is 5.75 Å². The van der Waals surface area contributed by atoms with E-state index in [1.165, 1.54) is 19.1 Å². The predicted molar refractivity (Wildman–Crippen MR) is 103 cm³/mol. The number of carbonyl (C=O) groups is 1. The predicted octanol–water partition coefficient (Wildman–Crippen LogP) is 1.33. The monoisotopic (exact) mass is 398 g/mol. The molecule has 0 aliphatic rings. The second-order valence-electron chi connectivity index (χ2n) is 5.91. The lowest BCUT2D eigenvalue weighted by atomic mass is 10.2. The summed E-state index contributed by atoms with van der Waals surface area (Å²) in [5.74, 6) is -1.26. The Morgan fingerprint density at radius 1 is 1.31 bits per heavy atom. The summed E-state index contributed by atoms with van der Waals surface area (Å²) in [7, 11) is 0. The summed E-state index contributed by atoms with van der Waals surface area (Å²) in [6.45, 7) is 1.28. The number of aromatic nitrogens is 2. The van der Waals surface area contributed by atoms with Crippen LogP contribution in [0.3, 0.4) is 0 Å². The first-order chi connectivity index (χ1) is 13.8. The second-order valence-corrected chi connectivity index (χ2v) is 5.91. The Hall–Kier alpha value is -4.28. The van der Waals surface area contributed by atoms with E-state index < -0.39 is 28.2 Å². The smallest absolute Gasteiger partial charge is 0.349 e. The van der Waals surface area contributed by atoms with Gasteiger partial charge in [-0.1, -0.05) is 12.1 Å². The molecule has 29 heavy (non-hydrogen) atoms. The highest BCUT2D eigenvalue weighted by molar-refractivity contribution is 5.85. The molecule has 148 valence electrons. The number of non-ortho nitro benzene ring substituents is 1. The zero-order chi connectivity index (χ0) is 21.1. The molecule has 0 unspecified atom stereocenters. The van der Waals surface area contributed by atoms with E-state index >= 15 is 0 Å². The number of H-pyrrole nitrogens is 1. The molecule has 0 radical (unpaired) electrons. The van der Waals surface area contributed by atoms with Crippen LogP contribution in [0.5, 0.6) is 5.75 Å². The molecule has 1 aromatic heterocycles. The standard InChI is InChI=1S/C18H14N4O7/c1-10(17(24)25)29-15-7-6-12(22(27)28)8-11(15)9-19-21-16(23)13-4-2-3-5-14(13)20-18(21)26/h2-10H,1H3,(H,20,26)(H,24,25)/t10-/m0/s1. The van der Waals surface area contributed by atoms with Gasteiger partial charge in [0.05, 0.1) is 22.0 Å². The van der Waals surface area contributed by atoms with E-state index in [0.717, 1.165) is 18.3 Å². The Morgan fingerprint density at radius 2 is 2.03 bits per heavy atom. The highest BCUT2D eigenvalue weighted by atomic mass is 16.6. The second kappa shape index (κ2) is 7.76. The minimum absolute atomic E-state index is 0.0143. The van der Waals surface area contributed by atoms with Crippen LogP contribution in [0.2, 0.25) is 0 Å². The SMILES string of the molecule is C[C@H](Oc1ccc([N+](=O)[O-])cc1C=Nn1c(=O)[nH]c2ccccc2c1=O)C(=O)O. The Labute approximate surface area is 161 Å². The molecule has 2 N–H and O–H groups in total. The van der Waals surface area contributed by atoms with Gasteiger partial charge in [-0.25, -0.2) is 9.59 Å². The number of nitro benzene ring substituents is 1. The summed E-state index contributed by atoms with van der Waals surface area (Å²) in [6, 6.07) is 9.79. The minimum atomic E-state index is -1.24. The molecular formula is C18H14N4O7. The Morgan fingerprint density at radius 3 is 2.72 bits per heavy atom. The molecule has 2 aromatic carbocycles. The fraction of sp³-hybridized carbons (Fsp3) is 0.111. The van der Waals surface area contributed by atoms with Gasteiger partial charge in [-0.15, -0.1) is 4.68 Å². The normalized spacial score (nSPS) is 12.2. The number of carboxylic acids is 1. The van der Waals surface area contributed by atoms with Gasteiger partial charge in [-0.2, -0.15) is 5.10 Å². The quantitative estimate of drug-likeness (QED) is 0.360. The summed E-state index contributed by atoms with van der Waals surface area (Å²) < 4.78 is 5.84. The van der Waals surface area contributed by atoms with Crippen LogP contribution in [0.4, 0.5) is 5.69 Å². The average Bonchev–Trinajstić information content (AvgIpc) is 2.68. The Kier molecular flexibility index (Phi) is 5.21. The van der Waals surface area contributed by atoms with Gasteiger partial charge < -0.3 is 14.8 Å². The van der Waals surface area contributed by atoms with Gasteiger partial charge in [0.1, 0.15) is 5.75 Å². The zero-order valence-corrected chi connectivity index (χ0v) is 14.9. The number of nitrogens with zero attached hydrogens (tertiary/aromatic N) is 3. The number of rotatable bonds is 6. The number of nitro groups is 1. The topological polar surface area (TPSA) is 157 Å². The summed E-state index contributed by atoms with van der Waals surface area (Å²) >= 11 is 0. The van der Waals surface area contributed by atoms with Crippen molar-refractivity contribution in [3.05, 3.63) is 79.0 Å². The molecule has 0 bridgehead atoms. The van der Waals surface area contributed by atoms with E-state index in [1.807, 2.05) is 0 Å². The van der Waals surface area contributed by atoms with Crippen molar-refractivity contribution in [2.45, 2.75) is 13.0 Å². The van der Waals surface area contributed by atoms with Gasteiger partial charge in [0.2, 0.25) is 0 Å². The molecule has 11 heteroatoms. The van der Waals surface area contributed by atoms with E-state index in [1.54, 1.807) is 18.2 Å². The van der Waals surface area contributed by atoms with Crippen LogP contribution < -0.4 is 16.0 Å². The highest BCUT2D eigenvalue weighted by Crippen LogP contribution is 2.24. The lowest BCUT2D eigenvalue weighted by Crippen LogP contribution is -2.32. The van der Waals surface area contributed by atoms with Crippen molar-refractivity contribution in [3.63, 3.8) is 0 Å². The first kappa shape index (κ1) is 19.5. The molecule has 0 fully saturated rings. The Bertz CT molecular complexity index is 1260. The molecule has 11 nitrogen and oxygen atoms in total. The number of nitrogens with one attached hydrogen (secondary N) is 1. The molecule has 1 heterocycles. The number of benzene rings is 2. The van der Waals surface area contributed by atoms with Crippen LogP contribution in [0.1, 0.15) is 12.5 Å². The minimum Gasteiger partial charge on any atom is -0.479 e. The fourth-order valence-corrected chi connectivity index (χ4v) is 2.48. The number of fused-ring (bicyclic) bond motifs is 1. The number of carboxylic acid groups (broad SMARTS) is 1. The number of aromatic amines is 1. The van der Waals surface area contributed by atoms with Gasteiger partial charge in [-0.3, -0.25) is 14.9 Å². The van der Waals surface area contributed by atoms with Crippen LogP contribution in [-0.4, -0.2) is 38.0 Å². The first-order valence-corrected chi connectivity index (χ1v) is 8.24. The summed E-state index contributed by atoms with van der Waals surface area (Å²) in [5, 5.41) is 24.1. The molecule has 0 aliphatic carbocycles. The van der Waals surface area contributed by atoms with Crippen LogP contribution in [0, 0.1) is 10.1 Å². The number of aliphatic carboxylic acids is 1. The van der Waals surface area contributed by atoms with Crippen molar-refractivity contribution in [1.29, 1.82) is 0 Å².